The van der Waals surface area contributed by atoms with Crippen LogP contribution in [0.1, 0.15) is 25.7 Å². The number of fused-ring (bicyclic) bond motifs is 1. The fourth-order valence-corrected chi connectivity index (χ4v) is 4.83. The minimum Gasteiger partial charge on any atom is -0.383 e. The third kappa shape index (κ3) is 4.62. The number of piperidine rings is 1. The number of ether oxygens (including phenoxy) is 2. The molecule has 2 saturated heterocycles. The zero-order chi connectivity index (χ0) is 16.0. The normalized spacial score (nSPS) is 26.5. The standard InChI is InChI=1S/C14H29N3O4S/c1-20-11-9-17(10-12-21-2)22(18,19)15-13-6-8-16-7-4-3-5-14(13)16/h13-15H,3-12H2,1-2H3. The van der Waals surface area contributed by atoms with Crippen LogP contribution in [0.5, 0.6) is 0 Å². The van der Waals surface area contributed by atoms with Gasteiger partial charge in [0.05, 0.1) is 13.2 Å². The zero-order valence-electron chi connectivity index (χ0n) is 13.7. The second kappa shape index (κ2) is 8.56. The Hall–Kier alpha value is -0.250. The van der Waals surface area contributed by atoms with Crippen molar-refractivity contribution in [1.82, 2.24) is 13.9 Å². The van der Waals surface area contributed by atoms with Crippen LogP contribution in [-0.2, 0) is 19.7 Å². The van der Waals surface area contributed by atoms with Crippen LogP contribution in [0.15, 0.2) is 0 Å². The van der Waals surface area contributed by atoms with Crippen molar-refractivity contribution in [3.8, 4) is 0 Å². The predicted molar refractivity (Wildman–Crippen MR) is 85.0 cm³/mol. The monoisotopic (exact) mass is 335 g/mol. The van der Waals surface area contributed by atoms with Crippen molar-refractivity contribution < 1.29 is 17.9 Å². The maximum absolute atomic E-state index is 12.7. The van der Waals surface area contributed by atoms with E-state index in [4.69, 9.17) is 9.47 Å². The Morgan fingerprint density at radius 3 is 2.41 bits per heavy atom. The van der Waals surface area contributed by atoms with Gasteiger partial charge >= 0.3 is 0 Å². The van der Waals surface area contributed by atoms with Crippen LogP contribution in [0.2, 0.25) is 0 Å². The van der Waals surface area contributed by atoms with Gasteiger partial charge in [-0.05, 0) is 25.8 Å². The molecule has 0 spiro atoms. The molecule has 130 valence electrons. The molecule has 0 aromatic rings. The van der Waals surface area contributed by atoms with Gasteiger partial charge in [0.15, 0.2) is 0 Å². The van der Waals surface area contributed by atoms with Gasteiger partial charge in [0.1, 0.15) is 0 Å². The van der Waals surface area contributed by atoms with E-state index < -0.39 is 10.2 Å². The molecule has 7 nitrogen and oxygen atoms in total. The molecule has 8 heteroatoms. The molecule has 0 radical (unpaired) electrons. The first-order valence-electron chi connectivity index (χ1n) is 8.08. The molecule has 0 bridgehead atoms. The second-order valence-electron chi connectivity index (χ2n) is 6.00. The molecule has 0 amide bonds. The second-order valence-corrected chi connectivity index (χ2v) is 7.70. The van der Waals surface area contributed by atoms with E-state index in [0.717, 1.165) is 25.9 Å². The Bertz CT molecular complexity index is 424. The first-order chi connectivity index (χ1) is 10.6. The third-order valence-electron chi connectivity index (χ3n) is 4.59. The molecule has 2 atom stereocenters. The molecular weight excluding hydrogens is 306 g/mol. The first kappa shape index (κ1) is 18.1. The van der Waals surface area contributed by atoms with Gasteiger partial charge in [-0.2, -0.15) is 17.4 Å². The number of nitrogens with zero attached hydrogens (tertiary/aromatic N) is 2. The first-order valence-corrected chi connectivity index (χ1v) is 9.52. The summed E-state index contributed by atoms with van der Waals surface area (Å²) in [4.78, 5) is 2.42. The zero-order valence-corrected chi connectivity index (χ0v) is 14.5. The van der Waals surface area contributed by atoms with E-state index >= 15 is 0 Å². The van der Waals surface area contributed by atoms with E-state index in [2.05, 4.69) is 9.62 Å². The lowest BCUT2D eigenvalue weighted by Crippen LogP contribution is -2.52. The highest BCUT2D eigenvalue weighted by Crippen LogP contribution is 2.27. The van der Waals surface area contributed by atoms with Crippen LogP contribution in [0.4, 0.5) is 0 Å². The van der Waals surface area contributed by atoms with Crippen LogP contribution >= 0.6 is 0 Å². The highest BCUT2D eigenvalue weighted by molar-refractivity contribution is 7.87. The molecule has 2 fully saturated rings. The molecule has 0 saturated carbocycles. The quantitative estimate of drug-likeness (QED) is 0.644. The highest BCUT2D eigenvalue weighted by atomic mass is 32.2. The van der Waals surface area contributed by atoms with E-state index in [9.17, 15) is 8.42 Å². The van der Waals surface area contributed by atoms with Gasteiger partial charge in [0, 0.05) is 45.9 Å². The fraction of sp³-hybridized carbons (Fsp3) is 1.00. The van der Waals surface area contributed by atoms with E-state index in [1.165, 1.54) is 17.1 Å². The van der Waals surface area contributed by atoms with E-state index in [-0.39, 0.29) is 6.04 Å². The minimum absolute atomic E-state index is 0.0258. The van der Waals surface area contributed by atoms with Gasteiger partial charge in [-0.25, -0.2) is 0 Å². The van der Waals surface area contributed by atoms with Crippen LogP contribution < -0.4 is 4.72 Å². The van der Waals surface area contributed by atoms with Gasteiger partial charge in [-0.3, -0.25) is 4.90 Å². The molecular formula is C14H29N3O4S. The smallest absolute Gasteiger partial charge is 0.279 e. The lowest BCUT2D eigenvalue weighted by atomic mass is 10.00. The van der Waals surface area contributed by atoms with Gasteiger partial charge in [-0.1, -0.05) is 6.42 Å². The largest absolute Gasteiger partial charge is 0.383 e. The summed E-state index contributed by atoms with van der Waals surface area (Å²) >= 11 is 0. The fourth-order valence-electron chi connectivity index (χ4n) is 3.39. The maximum atomic E-state index is 12.7. The molecule has 2 aliphatic heterocycles. The van der Waals surface area contributed by atoms with E-state index in [1.54, 1.807) is 14.2 Å². The molecule has 22 heavy (non-hydrogen) atoms. The van der Waals surface area contributed by atoms with Crippen LogP contribution in [0.3, 0.4) is 0 Å². The van der Waals surface area contributed by atoms with E-state index in [1.807, 2.05) is 0 Å². The number of hydrogen-bond acceptors (Lipinski definition) is 5. The summed E-state index contributed by atoms with van der Waals surface area (Å²) in [6, 6.07) is 0.383. The Labute approximate surface area is 134 Å². The Morgan fingerprint density at radius 2 is 1.77 bits per heavy atom. The summed E-state index contributed by atoms with van der Waals surface area (Å²) in [6.45, 7) is 3.54. The summed E-state index contributed by atoms with van der Waals surface area (Å²) in [6.07, 6.45) is 4.40. The average molecular weight is 335 g/mol. The van der Waals surface area contributed by atoms with Crippen molar-refractivity contribution in [2.75, 3.05) is 53.6 Å². The summed E-state index contributed by atoms with van der Waals surface area (Å²) in [5.41, 5.74) is 0. The molecule has 2 rings (SSSR count). The Morgan fingerprint density at radius 1 is 1.09 bits per heavy atom. The lowest BCUT2D eigenvalue weighted by Gasteiger charge is -2.33. The molecule has 2 unspecified atom stereocenters. The average Bonchev–Trinajstić information content (AvgIpc) is 2.90. The highest BCUT2D eigenvalue weighted by Gasteiger charge is 2.38. The summed E-state index contributed by atoms with van der Waals surface area (Å²) < 4.78 is 39.7. The van der Waals surface area contributed by atoms with Gasteiger partial charge in [0.2, 0.25) is 0 Å². The van der Waals surface area contributed by atoms with Gasteiger partial charge < -0.3 is 9.47 Å². The topological polar surface area (TPSA) is 71.1 Å². The van der Waals surface area contributed by atoms with Gasteiger partial charge in [-0.15, -0.1) is 0 Å². The van der Waals surface area contributed by atoms with Crippen LogP contribution in [0.25, 0.3) is 0 Å². The van der Waals surface area contributed by atoms with Crippen molar-refractivity contribution in [3.63, 3.8) is 0 Å². The molecule has 2 heterocycles. The lowest BCUT2D eigenvalue weighted by molar-refractivity contribution is 0.148. The summed E-state index contributed by atoms with van der Waals surface area (Å²) in [5.74, 6) is 0. The molecule has 1 N–H and O–H groups in total. The Balaban J connectivity index is 1.97. The van der Waals surface area contributed by atoms with Crippen molar-refractivity contribution >= 4 is 10.2 Å². The summed E-state index contributed by atoms with van der Waals surface area (Å²) in [5, 5.41) is 0. The number of nitrogens with one attached hydrogen (secondary N) is 1. The number of hydrogen-bond donors (Lipinski definition) is 1. The van der Waals surface area contributed by atoms with Crippen molar-refractivity contribution in [2.45, 2.75) is 37.8 Å². The molecule has 2 aliphatic rings. The SMILES string of the molecule is COCCN(CCOC)S(=O)(=O)NC1CCN2CCCCC12. The van der Waals surface area contributed by atoms with E-state index in [0.29, 0.717) is 32.3 Å². The molecule has 0 aromatic carbocycles. The molecule has 0 aromatic heterocycles. The van der Waals surface area contributed by atoms with Crippen molar-refractivity contribution in [1.29, 1.82) is 0 Å². The van der Waals surface area contributed by atoms with Crippen LogP contribution in [-0.4, -0.2) is 83.3 Å². The number of methoxy groups -OCH3 is 2. The van der Waals surface area contributed by atoms with Gasteiger partial charge in [0.25, 0.3) is 10.2 Å². The summed E-state index contributed by atoms with van der Waals surface area (Å²) in [7, 11) is -0.355. The minimum atomic E-state index is -3.50. The third-order valence-corrected chi connectivity index (χ3v) is 6.23. The number of rotatable bonds is 9. The molecule has 0 aliphatic carbocycles. The van der Waals surface area contributed by atoms with Crippen LogP contribution in [0, 0.1) is 0 Å². The maximum Gasteiger partial charge on any atom is 0.279 e. The van der Waals surface area contributed by atoms with Crippen molar-refractivity contribution in [3.05, 3.63) is 0 Å². The van der Waals surface area contributed by atoms with Crippen molar-refractivity contribution in [2.24, 2.45) is 0 Å². The predicted octanol–water partition coefficient (Wildman–Crippen LogP) is 0.0424. The Kier molecular flexibility index (Phi) is 7.04.